The summed E-state index contributed by atoms with van der Waals surface area (Å²) in [6, 6.07) is -0.608. The molecule has 1 heterocycles. The molecule has 0 aromatic carbocycles. The van der Waals surface area contributed by atoms with E-state index in [0.29, 0.717) is 17.5 Å². The van der Waals surface area contributed by atoms with Crippen molar-refractivity contribution in [2.24, 2.45) is 11.8 Å². The van der Waals surface area contributed by atoms with Crippen molar-refractivity contribution >= 4 is 23.6 Å². The van der Waals surface area contributed by atoms with Gasteiger partial charge in [0.1, 0.15) is 6.04 Å². The largest absolute Gasteiger partial charge is 0.480 e. The Morgan fingerprint density at radius 1 is 1.47 bits per heavy atom. The van der Waals surface area contributed by atoms with Crippen LogP contribution < -0.4 is 0 Å². The second kappa shape index (κ2) is 4.04. The van der Waals surface area contributed by atoms with Gasteiger partial charge in [0, 0.05) is 11.7 Å². The van der Waals surface area contributed by atoms with Crippen LogP contribution in [0.25, 0.3) is 0 Å². The highest BCUT2D eigenvalue weighted by Crippen LogP contribution is 2.38. The molecule has 1 aliphatic carbocycles. The predicted octanol–water partition coefficient (Wildman–Crippen LogP) is 1.02. The molecule has 5 heteroatoms. The molecule has 1 aliphatic heterocycles. The first-order valence-corrected chi connectivity index (χ1v) is 6.37. The molecule has 4 nitrogen and oxygen atoms in total. The van der Waals surface area contributed by atoms with Crippen molar-refractivity contribution < 1.29 is 14.7 Å². The lowest BCUT2D eigenvalue weighted by Crippen LogP contribution is -2.44. The summed E-state index contributed by atoms with van der Waals surface area (Å²) in [4.78, 5) is 24.4. The van der Waals surface area contributed by atoms with Gasteiger partial charge in [-0.2, -0.15) is 0 Å². The summed E-state index contributed by atoms with van der Waals surface area (Å²) in [6.45, 7) is 1.92. The number of carboxylic acid groups (broad SMARTS) is 1. The summed E-state index contributed by atoms with van der Waals surface area (Å²) in [5.41, 5.74) is 0. The number of amides is 1. The van der Waals surface area contributed by atoms with Gasteiger partial charge < -0.3 is 10.0 Å². The molecule has 0 bridgehead atoms. The van der Waals surface area contributed by atoms with Gasteiger partial charge in [-0.15, -0.1) is 11.8 Å². The van der Waals surface area contributed by atoms with Crippen LogP contribution in [0.1, 0.15) is 19.8 Å². The maximum absolute atomic E-state index is 12.0. The highest BCUT2D eigenvalue weighted by atomic mass is 32.2. The third kappa shape index (κ3) is 2.12. The molecule has 84 valence electrons. The van der Waals surface area contributed by atoms with E-state index < -0.39 is 12.0 Å². The molecule has 2 aliphatic rings. The Kier molecular flexibility index (Phi) is 2.91. The molecule has 2 rings (SSSR count). The van der Waals surface area contributed by atoms with Gasteiger partial charge in [-0.1, -0.05) is 6.92 Å². The normalized spacial score (nSPS) is 27.8. The lowest BCUT2D eigenvalue weighted by atomic mass is 10.0. The van der Waals surface area contributed by atoms with Gasteiger partial charge in [0.15, 0.2) is 0 Å². The SMILES string of the molecule is CC(C(=O)N1CSCC1C(=O)O)C1CC1. The summed E-state index contributed by atoms with van der Waals surface area (Å²) >= 11 is 1.52. The third-order valence-corrected chi connectivity index (χ3v) is 4.18. The molecule has 2 atom stereocenters. The summed E-state index contributed by atoms with van der Waals surface area (Å²) in [5.74, 6) is 0.708. The molecule has 1 saturated carbocycles. The highest BCUT2D eigenvalue weighted by molar-refractivity contribution is 7.99. The van der Waals surface area contributed by atoms with E-state index in [9.17, 15) is 9.59 Å². The van der Waals surface area contributed by atoms with Crippen LogP contribution in [0.3, 0.4) is 0 Å². The Morgan fingerprint density at radius 3 is 2.67 bits per heavy atom. The number of nitrogens with zero attached hydrogens (tertiary/aromatic N) is 1. The Hall–Kier alpha value is -0.710. The van der Waals surface area contributed by atoms with Crippen LogP contribution in [-0.4, -0.2) is 39.6 Å². The number of aliphatic carboxylic acids is 1. The van der Waals surface area contributed by atoms with E-state index in [1.807, 2.05) is 6.92 Å². The summed E-state index contributed by atoms with van der Waals surface area (Å²) < 4.78 is 0. The van der Waals surface area contributed by atoms with Crippen molar-refractivity contribution in [2.75, 3.05) is 11.6 Å². The predicted molar refractivity (Wildman–Crippen MR) is 57.5 cm³/mol. The van der Waals surface area contributed by atoms with Crippen molar-refractivity contribution in [1.29, 1.82) is 0 Å². The molecule has 0 aromatic rings. The summed E-state index contributed by atoms with van der Waals surface area (Å²) in [6.07, 6.45) is 2.23. The highest BCUT2D eigenvalue weighted by Gasteiger charge is 2.40. The molecule has 0 radical (unpaired) electrons. The molecule has 0 spiro atoms. The first kappa shape index (κ1) is 10.8. The zero-order valence-electron chi connectivity index (χ0n) is 8.68. The minimum absolute atomic E-state index is 0.00514. The minimum Gasteiger partial charge on any atom is -0.480 e. The van der Waals surface area contributed by atoms with E-state index in [4.69, 9.17) is 5.11 Å². The fourth-order valence-electron chi connectivity index (χ4n) is 1.92. The molecule has 1 N–H and O–H groups in total. The number of carbonyl (C=O) groups excluding carboxylic acids is 1. The lowest BCUT2D eigenvalue weighted by molar-refractivity contribution is -0.149. The fraction of sp³-hybridized carbons (Fsp3) is 0.800. The lowest BCUT2D eigenvalue weighted by Gasteiger charge is -2.23. The molecule has 1 saturated heterocycles. The monoisotopic (exact) mass is 229 g/mol. The molecule has 1 amide bonds. The molecule has 2 fully saturated rings. The zero-order chi connectivity index (χ0) is 11.0. The van der Waals surface area contributed by atoms with Gasteiger partial charge in [0.05, 0.1) is 5.88 Å². The van der Waals surface area contributed by atoms with Crippen LogP contribution in [0.4, 0.5) is 0 Å². The number of thioether (sulfide) groups is 1. The van der Waals surface area contributed by atoms with Crippen LogP contribution >= 0.6 is 11.8 Å². The van der Waals surface area contributed by atoms with E-state index >= 15 is 0 Å². The topological polar surface area (TPSA) is 57.6 Å². The first-order valence-electron chi connectivity index (χ1n) is 5.22. The van der Waals surface area contributed by atoms with Gasteiger partial charge in [-0.3, -0.25) is 4.79 Å². The second-order valence-corrected chi connectivity index (χ2v) is 5.29. The van der Waals surface area contributed by atoms with Crippen molar-refractivity contribution in [3.63, 3.8) is 0 Å². The van der Waals surface area contributed by atoms with E-state index in [-0.39, 0.29) is 11.8 Å². The summed E-state index contributed by atoms with van der Waals surface area (Å²) in [5, 5.41) is 8.96. The quantitative estimate of drug-likeness (QED) is 0.785. The van der Waals surface area contributed by atoms with Gasteiger partial charge in [0.25, 0.3) is 0 Å². The van der Waals surface area contributed by atoms with E-state index in [1.54, 1.807) is 0 Å². The van der Waals surface area contributed by atoms with Crippen molar-refractivity contribution in [3.05, 3.63) is 0 Å². The molecular weight excluding hydrogens is 214 g/mol. The van der Waals surface area contributed by atoms with Crippen LogP contribution in [0, 0.1) is 11.8 Å². The van der Waals surface area contributed by atoms with Gasteiger partial charge in [0.2, 0.25) is 5.91 Å². The van der Waals surface area contributed by atoms with Crippen molar-refractivity contribution in [1.82, 2.24) is 4.90 Å². The van der Waals surface area contributed by atoms with E-state index in [1.165, 1.54) is 16.7 Å². The minimum atomic E-state index is -0.878. The van der Waals surface area contributed by atoms with Gasteiger partial charge >= 0.3 is 5.97 Å². The maximum Gasteiger partial charge on any atom is 0.327 e. The maximum atomic E-state index is 12.0. The molecule has 0 aromatic heterocycles. The van der Waals surface area contributed by atoms with Crippen LogP contribution in [0.5, 0.6) is 0 Å². The van der Waals surface area contributed by atoms with Gasteiger partial charge in [-0.05, 0) is 18.8 Å². The molecular formula is C10H15NO3S. The standard InChI is InChI=1S/C10H15NO3S/c1-6(7-2-3-7)9(12)11-5-15-4-8(11)10(13)14/h6-8H,2-5H2,1H3,(H,13,14). The Balaban J connectivity index is 2.01. The average molecular weight is 229 g/mol. The van der Waals surface area contributed by atoms with Crippen molar-refractivity contribution in [3.8, 4) is 0 Å². The van der Waals surface area contributed by atoms with Gasteiger partial charge in [-0.25, -0.2) is 4.79 Å². The Labute approximate surface area is 93.0 Å². The first-order chi connectivity index (χ1) is 7.11. The number of carboxylic acids is 1. The van der Waals surface area contributed by atoms with E-state index in [0.717, 1.165) is 12.8 Å². The Morgan fingerprint density at radius 2 is 2.13 bits per heavy atom. The van der Waals surface area contributed by atoms with Crippen LogP contribution in [0.15, 0.2) is 0 Å². The smallest absolute Gasteiger partial charge is 0.327 e. The van der Waals surface area contributed by atoms with Crippen molar-refractivity contribution in [2.45, 2.75) is 25.8 Å². The van der Waals surface area contributed by atoms with E-state index in [2.05, 4.69) is 0 Å². The number of hydrogen-bond acceptors (Lipinski definition) is 3. The summed E-state index contributed by atoms with van der Waals surface area (Å²) in [7, 11) is 0. The Bertz CT molecular complexity index is 290. The molecule has 2 unspecified atom stereocenters. The fourth-order valence-corrected chi connectivity index (χ4v) is 3.08. The van der Waals surface area contributed by atoms with Crippen LogP contribution in [0.2, 0.25) is 0 Å². The molecule has 15 heavy (non-hydrogen) atoms. The zero-order valence-corrected chi connectivity index (χ0v) is 9.50. The number of carbonyl (C=O) groups is 2. The average Bonchev–Trinajstić information content (AvgIpc) is 2.92. The number of hydrogen-bond donors (Lipinski definition) is 1. The second-order valence-electron chi connectivity index (χ2n) is 4.29. The third-order valence-electron chi connectivity index (χ3n) is 3.17. The van der Waals surface area contributed by atoms with Crippen LogP contribution in [-0.2, 0) is 9.59 Å². The number of rotatable bonds is 3.